The van der Waals surface area contributed by atoms with E-state index >= 15 is 0 Å². The van der Waals surface area contributed by atoms with Crippen LogP contribution in [0.3, 0.4) is 0 Å². The Balaban J connectivity index is 1.20. The topological polar surface area (TPSA) is 66.4 Å². The van der Waals surface area contributed by atoms with E-state index < -0.39 is 10.0 Å². The third-order valence-corrected chi connectivity index (χ3v) is 8.14. The van der Waals surface area contributed by atoms with Crippen LogP contribution in [0.4, 0.5) is 5.82 Å². The van der Waals surface area contributed by atoms with Gasteiger partial charge in [-0.3, -0.25) is 0 Å². The summed E-state index contributed by atoms with van der Waals surface area (Å²) in [6.07, 6.45) is 4.72. The maximum Gasteiger partial charge on any atom is 0.214 e. The molecule has 148 valence electrons. The van der Waals surface area contributed by atoms with Crippen LogP contribution >= 0.6 is 0 Å². The number of sulfonamides is 1. The van der Waals surface area contributed by atoms with E-state index in [-0.39, 0.29) is 5.75 Å². The Morgan fingerprint density at radius 3 is 2.36 bits per heavy atom. The summed E-state index contributed by atoms with van der Waals surface area (Å²) < 4.78 is 27.3. The van der Waals surface area contributed by atoms with Crippen molar-refractivity contribution in [1.29, 1.82) is 0 Å². The average molecular weight is 399 g/mol. The molecule has 3 aliphatic rings. The van der Waals surface area contributed by atoms with Crippen LogP contribution in [0.5, 0.6) is 0 Å². The van der Waals surface area contributed by atoms with E-state index in [9.17, 15) is 8.42 Å². The normalized spacial score (nSPS) is 25.2. The van der Waals surface area contributed by atoms with Crippen LogP contribution in [0, 0.1) is 11.8 Å². The summed E-state index contributed by atoms with van der Waals surface area (Å²) >= 11 is 0. The monoisotopic (exact) mass is 398 g/mol. The molecule has 0 spiro atoms. The van der Waals surface area contributed by atoms with Gasteiger partial charge in [-0.25, -0.2) is 22.7 Å². The van der Waals surface area contributed by atoms with Crippen LogP contribution in [-0.4, -0.2) is 54.6 Å². The van der Waals surface area contributed by atoms with Crippen LogP contribution in [0.25, 0.3) is 0 Å². The summed E-state index contributed by atoms with van der Waals surface area (Å²) in [5.74, 6) is 2.60. The molecule has 2 aromatic rings. The van der Waals surface area contributed by atoms with Gasteiger partial charge in [-0.15, -0.1) is 0 Å². The number of aryl methyl sites for hydroxylation is 1. The van der Waals surface area contributed by atoms with Crippen LogP contribution in [0.2, 0.25) is 0 Å². The van der Waals surface area contributed by atoms with Gasteiger partial charge in [0, 0.05) is 43.9 Å². The fraction of sp³-hybridized carbons (Fsp3) is 0.524. The SMILES string of the molecule is O=S(=O)(CCc1ccccc1)N1CC2CN(c3cc(C4CC4)ncn3)CC2C1. The summed E-state index contributed by atoms with van der Waals surface area (Å²) in [7, 11) is -3.20. The number of anilines is 1. The number of fused-ring (bicyclic) bond motifs is 1. The summed E-state index contributed by atoms with van der Waals surface area (Å²) in [4.78, 5) is 11.2. The lowest BCUT2D eigenvalue weighted by Gasteiger charge is -2.22. The number of benzene rings is 1. The van der Waals surface area contributed by atoms with Crippen molar-refractivity contribution in [3.63, 3.8) is 0 Å². The van der Waals surface area contributed by atoms with Gasteiger partial charge in [-0.05, 0) is 36.7 Å². The first-order chi connectivity index (χ1) is 13.6. The van der Waals surface area contributed by atoms with Gasteiger partial charge in [0.05, 0.1) is 5.75 Å². The Hall–Kier alpha value is -1.99. The molecular weight excluding hydrogens is 372 g/mol. The second-order valence-corrected chi connectivity index (χ2v) is 10.5. The number of nitrogens with zero attached hydrogens (tertiary/aromatic N) is 4. The van der Waals surface area contributed by atoms with Gasteiger partial charge in [0.2, 0.25) is 10.0 Å². The molecule has 0 radical (unpaired) electrons. The van der Waals surface area contributed by atoms with Crippen LogP contribution in [-0.2, 0) is 16.4 Å². The van der Waals surface area contributed by atoms with Gasteiger partial charge in [0.15, 0.2) is 0 Å². The number of hydrogen-bond donors (Lipinski definition) is 0. The van der Waals surface area contributed by atoms with E-state index in [4.69, 9.17) is 0 Å². The fourth-order valence-electron chi connectivity index (χ4n) is 4.52. The second-order valence-electron chi connectivity index (χ2n) is 8.37. The highest BCUT2D eigenvalue weighted by Gasteiger charge is 2.44. The molecule has 28 heavy (non-hydrogen) atoms. The molecule has 0 N–H and O–H groups in total. The molecule has 7 heteroatoms. The molecule has 1 aromatic heterocycles. The molecule has 3 fully saturated rings. The largest absolute Gasteiger partial charge is 0.356 e. The molecule has 2 saturated heterocycles. The van der Waals surface area contributed by atoms with E-state index in [1.807, 2.05) is 30.3 Å². The van der Waals surface area contributed by atoms with Crippen LogP contribution in [0.1, 0.15) is 30.0 Å². The van der Waals surface area contributed by atoms with Crippen molar-refractivity contribution in [2.75, 3.05) is 36.8 Å². The zero-order valence-corrected chi connectivity index (χ0v) is 16.8. The van der Waals surface area contributed by atoms with E-state index in [0.717, 1.165) is 30.2 Å². The van der Waals surface area contributed by atoms with Crippen molar-refractivity contribution in [2.24, 2.45) is 11.8 Å². The lowest BCUT2D eigenvalue weighted by Crippen LogP contribution is -2.35. The van der Waals surface area contributed by atoms with Gasteiger partial charge in [-0.1, -0.05) is 30.3 Å². The van der Waals surface area contributed by atoms with E-state index in [1.165, 1.54) is 12.8 Å². The molecule has 5 rings (SSSR count). The first-order valence-corrected chi connectivity index (χ1v) is 11.8. The highest BCUT2D eigenvalue weighted by Crippen LogP contribution is 2.40. The van der Waals surface area contributed by atoms with Crippen LogP contribution < -0.4 is 4.90 Å². The molecule has 1 aromatic carbocycles. The number of aromatic nitrogens is 2. The molecule has 2 unspecified atom stereocenters. The predicted octanol–water partition coefficient (Wildman–Crippen LogP) is 2.29. The highest BCUT2D eigenvalue weighted by molar-refractivity contribution is 7.89. The number of hydrogen-bond acceptors (Lipinski definition) is 5. The number of rotatable bonds is 6. The molecule has 2 atom stereocenters. The average Bonchev–Trinajstić information content (AvgIpc) is 3.36. The predicted molar refractivity (Wildman–Crippen MR) is 109 cm³/mol. The standard InChI is InChI=1S/C21H26N4O2S/c26-28(27,9-8-16-4-2-1-3-5-16)25-13-18-11-24(12-19(18)14-25)21-10-20(17-6-7-17)22-15-23-21/h1-5,10,15,17-19H,6-9,11-14H2. The molecule has 0 bridgehead atoms. The third kappa shape index (κ3) is 3.65. The van der Waals surface area contributed by atoms with Gasteiger partial charge in [0.25, 0.3) is 0 Å². The lowest BCUT2D eigenvalue weighted by atomic mass is 10.0. The minimum absolute atomic E-state index is 0.191. The van der Waals surface area contributed by atoms with Gasteiger partial charge >= 0.3 is 0 Å². The van der Waals surface area contributed by atoms with Crippen LogP contribution in [0.15, 0.2) is 42.7 Å². The van der Waals surface area contributed by atoms with Crippen molar-refractivity contribution in [3.05, 3.63) is 54.0 Å². The second kappa shape index (κ2) is 7.12. The van der Waals surface area contributed by atoms with Gasteiger partial charge in [0.1, 0.15) is 12.1 Å². The van der Waals surface area contributed by atoms with Gasteiger partial charge in [-0.2, -0.15) is 0 Å². The van der Waals surface area contributed by atoms with Gasteiger partial charge < -0.3 is 4.90 Å². The summed E-state index contributed by atoms with van der Waals surface area (Å²) in [5, 5.41) is 0. The van der Waals surface area contributed by atoms with Crippen molar-refractivity contribution in [2.45, 2.75) is 25.2 Å². The summed E-state index contributed by atoms with van der Waals surface area (Å²) in [6.45, 7) is 3.05. The lowest BCUT2D eigenvalue weighted by molar-refractivity contribution is 0.453. The maximum absolute atomic E-state index is 12.8. The Bertz CT molecular complexity index is 932. The highest BCUT2D eigenvalue weighted by atomic mass is 32.2. The zero-order valence-electron chi connectivity index (χ0n) is 15.9. The third-order valence-electron chi connectivity index (χ3n) is 6.33. The molecule has 3 heterocycles. The van der Waals surface area contributed by atoms with Crippen molar-refractivity contribution >= 4 is 15.8 Å². The zero-order chi connectivity index (χ0) is 19.1. The Morgan fingerprint density at radius 1 is 0.964 bits per heavy atom. The molecule has 1 saturated carbocycles. The Labute approximate surface area is 166 Å². The minimum atomic E-state index is -3.20. The first-order valence-electron chi connectivity index (χ1n) is 10.2. The van der Waals surface area contributed by atoms with Crippen molar-refractivity contribution in [1.82, 2.24) is 14.3 Å². The van der Waals surface area contributed by atoms with E-state index in [2.05, 4.69) is 20.9 Å². The van der Waals surface area contributed by atoms with E-state index in [1.54, 1.807) is 10.6 Å². The van der Waals surface area contributed by atoms with Crippen molar-refractivity contribution < 1.29 is 8.42 Å². The molecule has 1 aliphatic carbocycles. The summed E-state index contributed by atoms with van der Waals surface area (Å²) in [6, 6.07) is 12.0. The van der Waals surface area contributed by atoms with E-state index in [0.29, 0.717) is 37.3 Å². The maximum atomic E-state index is 12.8. The molecular formula is C21H26N4O2S. The Morgan fingerprint density at radius 2 is 1.68 bits per heavy atom. The van der Waals surface area contributed by atoms with Crippen molar-refractivity contribution in [3.8, 4) is 0 Å². The summed E-state index contributed by atoms with van der Waals surface area (Å²) in [5.41, 5.74) is 2.24. The molecule has 6 nitrogen and oxygen atoms in total. The quantitative estimate of drug-likeness (QED) is 0.747. The minimum Gasteiger partial charge on any atom is -0.356 e. The first kappa shape index (κ1) is 18.1. The molecule has 0 amide bonds. The fourth-order valence-corrected chi connectivity index (χ4v) is 6.11. The molecule has 2 aliphatic heterocycles. The smallest absolute Gasteiger partial charge is 0.214 e. The Kier molecular flexibility index (Phi) is 4.59.